The minimum atomic E-state index is -9.20. The van der Waals surface area contributed by atoms with Gasteiger partial charge in [0.15, 0.2) is 0 Å². The van der Waals surface area contributed by atoms with Crippen molar-refractivity contribution in [1.29, 1.82) is 0 Å². The van der Waals surface area contributed by atoms with Gasteiger partial charge in [-0.15, -0.1) is 0 Å². The molecular formula is C16H10F21NO. The Hall–Kier alpha value is -2.26. The van der Waals surface area contributed by atoms with Gasteiger partial charge in [0.05, 0.1) is 0 Å². The van der Waals surface area contributed by atoms with Crippen molar-refractivity contribution >= 4 is 5.91 Å². The number of halogens is 21. The minimum absolute atomic E-state index is 0.0561. The summed E-state index contributed by atoms with van der Waals surface area (Å²) in [5.74, 6) is -78.7. The molecule has 0 aromatic heterocycles. The third-order valence-corrected chi connectivity index (χ3v) is 4.89. The van der Waals surface area contributed by atoms with Gasteiger partial charge in [0.2, 0.25) is 5.91 Å². The molecule has 0 aromatic carbocycles. The molecule has 0 aliphatic carbocycles. The van der Waals surface area contributed by atoms with Crippen LogP contribution in [-0.4, -0.2) is 83.9 Å². The molecule has 0 unspecified atom stereocenters. The summed E-state index contributed by atoms with van der Waals surface area (Å²) >= 11 is 0. The van der Waals surface area contributed by atoms with E-state index in [4.69, 9.17) is 0 Å². The van der Waals surface area contributed by atoms with Gasteiger partial charge in [-0.05, 0) is 6.08 Å². The topological polar surface area (TPSA) is 20.3 Å². The molecule has 0 aromatic rings. The van der Waals surface area contributed by atoms with Gasteiger partial charge < -0.3 is 4.90 Å². The SMILES string of the molecule is C=CC(=O)N(C)CCC(F)(F)C(F)(F)C(F)(F)C(F)(F)C(F)(F)C(F)(F)C(F)(F)C(F)(F)C(F)(F)C(F)(F)F. The number of likely N-dealkylation sites (N-methyl/N-ethyl adjacent to an activating group) is 1. The van der Waals surface area contributed by atoms with Gasteiger partial charge in [-0.3, -0.25) is 4.79 Å². The fourth-order valence-corrected chi connectivity index (χ4v) is 2.32. The average molecular weight is 631 g/mol. The minimum Gasteiger partial charge on any atom is -0.342 e. The number of carbonyl (C=O) groups excluding carboxylic acids is 1. The van der Waals surface area contributed by atoms with Crippen LogP contribution >= 0.6 is 0 Å². The van der Waals surface area contributed by atoms with Crippen LogP contribution in [-0.2, 0) is 4.79 Å². The van der Waals surface area contributed by atoms with Gasteiger partial charge in [-0.1, -0.05) is 6.58 Å². The Morgan fingerprint density at radius 1 is 0.538 bits per heavy atom. The second-order valence-electron chi connectivity index (χ2n) is 7.51. The summed E-state index contributed by atoms with van der Waals surface area (Å²) in [4.78, 5) is 11.0. The summed E-state index contributed by atoms with van der Waals surface area (Å²) in [6.07, 6.45) is -10.6. The van der Waals surface area contributed by atoms with Crippen LogP contribution in [0.3, 0.4) is 0 Å². The average Bonchev–Trinajstić information content (AvgIpc) is 2.74. The van der Waals surface area contributed by atoms with Gasteiger partial charge in [-0.25, -0.2) is 0 Å². The smallest absolute Gasteiger partial charge is 0.342 e. The maximum Gasteiger partial charge on any atom is 0.460 e. The fourth-order valence-electron chi connectivity index (χ4n) is 2.32. The summed E-state index contributed by atoms with van der Waals surface area (Å²) < 4.78 is 278. The maximum atomic E-state index is 13.7. The Balaban J connectivity index is 6.87. The number of carbonyl (C=O) groups is 1. The van der Waals surface area contributed by atoms with E-state index in [1.807, 2.05) is 0 Å². The van der Waals surface area contributed by atoms with Crippen molar-refractivity contribution in [1.82, 2.24) is 4.90 Å². The molecule has 0 bridgehead atoms. The van der Waals surface area contributed by atoms with Crippen molar-refractivity contribution in [3.05, 3.63) is 12.7 Å². The number of hydrogen-bond donors (Lipinski definition) is 0. The molecule has 23 heteroatoms. The first-order valence-corrected chi connectivity index (χ1v) is 8.96. The van der Waals surface area contributed by atoms with E-state index >= 15 is 0 Å². The highest BCUT2D eigenvalue weighted by molar-refractivity contribution is 5.86. The highest BCUT2D eigenvalue weighted by atomic mass is 19.4. The van der Waals surface area contributed by atoms with E-state index in [0.717, 1.165) is 0 Å². The van der Waals surface area contributed by atoms with E-state index in [1.54, 1.807) is 0 Å². The van der Waals surface area contributed by atoms with Crippen LogP contribution < -0.4 is 0 Å². The monoisotopic (exact) mass is 631 g/mol. The predicted octanol–water partition coefficient (Wildman–Crippen LogP) is 7.30. The maximum absolute atomic E-state index is 13.7. The molecule has 0 radical (unpaired) electrons. The predicted molar refractivity (Wildman–Crippen MR) is 83.0 cm³/mol. The van der Waals surface area contributed by atoms with Crippen molar-refractivity contribution in [2.75, 3.05) is 13.6 Å². The van der Waals surface area contributed by atoms with Gasteiger partial charge in [-0.2, -0.15) is 92.2 Å². The molecule has 39 heavy (non-hydrogen) atoms. The van der Waals surface area contributed by atoms with Crippen LogP contribution in [0.15, 0.2) is 12.7 Å². The molecule has 232 valence electrons. The molecule has 0 spiro atoms. The van der Waals surface area contributed by atoms with E-state index in [9.17, 15) is 97.0 Å². The molecule has 0 atom stereocenters. The van der Waals surface area contributed by atoms with Crippen LogP contribution in [0.1, 0.15) is 6.42 Å². The molecular weight excluding hydrogens is 621 g/mol. The largest absolute Gasteiger partial charge is 0.460 e. The summed E-state index contributed by atoms with van der Waals surface area (Å²) in [5, 5.41) is 0. The zero-order valence-corrected chi connectivity index (χ0v) is 18.0. The highest BCUT2D eigenvalue weighted by Crippen LogP contribution is 2.66. The van der Waals surface area contributed by atoms with E-state index in [2.05, 4.69) is 6.58 Å². The van der Waals surface area contributed by atoms with Crippen molar-refractivity contribution in [3.8, 4) is 0 Å². The lowest BCUT2D eigenvalue weighted by Gasteiger charge is -2.44. The van der Waals surface area contributed by atoms with Crippen LogP contribution in [0.2, 0.25) is 0 Å². The van der Waals surface area contributed by atoms with Crippen molar-refractivity contribution in [2.24, 2.45) is 0 Å². The van der Waals surface area contributed by atoms with Crippen molar-refractivity contribution < 1.29 is 97.0 Å². The third kappa shape index (κ3) is 4.94. The molecule has 0 saturated carbocycles. The number of rotatable bonds is 12. The van der Waals surface area contributed by atoms with Gasteiger partial charge in [0, 0.05) is 20.0 Å². The quantitative estimate of drug-likeness (QED) is 0.164. The Kier molecular flexibility index (Phi) is 9.12. The lowest BCUT2D eigenvalue weighted by atomic mass is 9.86. The lowest BCUT2D eigenvalue weighted by Crippen LogP contribution is -2.76. The molecule has 2 nitrogen and oxygen atoms in total. The summed E-state index contributed by atoms with van der Waals surface area (Å²) in [7, 11) is 0.457. The van der Waals surface area contributed by atoms with Gasteiger partial charge in [0.25, 0.3) is 0 Å². The molecule has 0 fully saturated rings. The summed E-state index contributed by atoms with van der Waals surface area (Å²) in [6, 6.07) is 0. The van der Waals surface area contributed by atoms with E-state index < -0.39 is 78.4 Å². The summed E-state index contributed by atoms with van der Waals surface area (Å²) in [5.41, 5.74) is 0. The molecule has 0 N–H and O–H groups in total. The number of hydrogen-bond acceptors (Lipinski definition) is 1. The second-order valence-corrected chi connectivity index (χ2v) is 7.51. The first-order valence-electron chi connectivity index (χ1n) is 8.96. The number of alkyl halides is 21. The van der Waals surface area contributed by atoms with E-state index in [0.29, 0.717) is 7.05 Å². The molecule has 0 heterocycles. The number of amides is 1. The van der Waals surface area contributed by atoms with E-state index in [-0.39, 0.29) is 11.0 Å². The molecule has 0 aliphatic heterocycles. The van der Waals surface area contributed by atoms with Crippen LogP contribution in [0, 0.1) is 0 Å². The van der Waals surface area contributed by atoms with Crippen LogP contribution in [0.4, 0.5) is 92.2 Å². The molecule has 0 aliphatic rings. The van der Waals surface area contributed by atoms with Gasteiger partial charge in [0.1, 0.15) is 0 Å². The molecule has 0 rings (SSSR count). The Bertz CT molecular complexity index is 917. The standard InChI is InChI=1S/C16H10F21NO/c1-3-6(39)38(2)5-4-7(17,18)8(19,20)9(21,22)10(23,24)11(25,26)12(27,28)13(29,30)14(31,32)15(33,34)16(35,36)37/h3H,1,4-5H2,2H3. The van der Waals surface area contributed by atoms with Crippen LogP contribution in [0.5, 0.6) is 0 Å². The zero-order chi connectivity index (χ0) is 32.3. The Morgan fingerprint density at radius 2 is 0.795 bits per heavy atom. The van der Waals surface area contributed by atoms with Crippen molar-refractivity contribution in [3.63, 3.8) is 0 Å². The first-order chi connectivity index (χ1) is 16.6. The summed E-state index contributed by atoms with van der Waals surface area (Å²) in [6.45, 7) is 0.917. The molecule has 1 amide bonds. The number of nitrogens with zero attached hydrogens (tertiary/aromatic N) is 1. The highest BCUT2D eigenvalue weighted by Gasteiger charge is 2.97. The van der Waals surface area contributed by atoms with Crippen LogP contribution in [0.25, 0.3) is 0 Å². The van der Waals surface area contributed by atoms with E-state index in [1.165, 1.54) is 0 Å². The van der Waals surface area contributed by atoms with Gasteiger partial charge >= 0.3 is 59.5 Å². The molecule has 0 saturated heterocycles. The Labute approximate surface area is 201 Å². The normalized spacial score (nSPS) is 15.8. The first kappa shape index (κ1) is 36.7. The second kappa shape index (κ2) is 9.68. The third-order valence-electron chi connectivity index (χ3n) is 4.89. The Morgan fingerprint density at radius 3 is 1.05 bits per heavy atom. The fraction of sp³-hybridized carbons (Fsp3) is 0.812. The lowest BCUT2D eigenvalue weighted by molar-refractivity contribution is -0.474. The van der Waals surface area contributed by atoms with Crippen molar-refractivity contribution in [2.45, 2.75) is 65.9 Å². The zero-order valence-electron chi connectivity index (χ0n) is 18.0.